The van der Waals surface area contributed by atoms with Crippen LogP contribution in [0.3, 0.4) is 0 Å². The second-order valence-corrected chi connectivity index (χ2v) is 4.93. The maximum atomic E-state index is 12.1. The Bertz CT molecular complexity index is 714. The second-order valence-electron chi connectivity index (χ2n) is 4.52. The minimum atomic E-state index is -2.83. The molecule has 7 heteroatoms. The molecule has 23 heavy (non-hydrogen) atoms. The quantitative estimate of drug-likeness (QED) is 0.818. The van der Waals surface area contributed by atoms with Gasteiger partial charge >= 0.3 is 6.61 Å². The molecule has 0 aliphatic rings. The summed E-state index contributed by atoms with van der Waals surface area (Å²) < 4.78 is 28.4. The first-order valence-electron chi connectivity index (χ1n) is 6.65. The first-order chi connectivity index (χ1) is 11.1. The summed E-state index contributed by atoms with van der Waals surface area (Å²) in [4.78, 5) is 0. The smallest absolute Gasteiger partial charge is 0.387 e. The summed E-state index contributed by atoms with van der Waals surface area (Å²) in [6.45, 7) is -2.40. The summed E-state index contributed by atoms with van der Waals surface area (Å²) >= 11 is 5.17. The Morgan fingerprint density at radius 3 is 2.61 bits per heavy atom. The second kappa shape index (κ2) is 8.06. The highest BCUT2D eigenvalue weighted by molar-refractivity contribution is 7.80. The van der Waals surface area contributed by atoms with Gasteiger partial charge in [-0.15, -0.1) is 0 Å². The molecule has 0 fully saturated rings. The number of alkyl halides is 2. The van der Waals surface area contributed by atoms with E-state index < -0.39 is 6.61 Å². The Kier molecular flexibility index (Phi) is 5.83. The van der Waals surface area contributed by atoms with Gasteiger partial charge in [-0.2, -0.15) is 14.0 Å². The van der Waals surface area contributed by atoms with Crippen LogP contribution in [0.1, 0.15) is 11.1 Å². The van der Waals surface area contributed by atoms with Gasteiger partial charge in [0, 0.05) is 12.2 Å². The van der Waals surface area contributed by atoms with Gasteiger partial charge in [-0.25, -0.2) is 0 Å². The number of nitrogens with zero attached hydrogens (tertiary/aromatic N) is 1. The predicted octanol–water partition coefficient (Wildman–Crippen LogP) is 3.65. The maximum Gasteiger partial charge on any atom is 0.387 e. The van der Waals surface area contributed by atoms with Crippen LogP contribution in [0, 0.1) is 11.3 Å². The van der Waals surface area contributed by atoms with Gasteiger partial charge in [-0.1, -0.05) is 18.2 Å². The van der Waals surface area contributed by atoms with Crippen molar-refractivity contribution in [3.05, 3.63) is 59.7 Å². The number of hydrogen-bond donors (Lipinski definition) is 2. The lowest BCUT2D eigenvalue weighted by atomic mass is 10.2. The van der Waals surface area contributed by atoms with E-state index in [-0.39, 0.29) is 5.75 Å². The molecule has 0 spiro atoms. The molecule has 4 nitrogen and oxygen atoms in total. The number of rotatable bonds is 5. The van der Waals surface area contributed by atoms with Crippen molar-refractivity contribution in [1.82, 2.24) is 5.32 Å². The van der Waals surface area contributed by atoms with Crippen molar-refractivity contribution in [2.45, 2.75) is 13.2 Å². The van der Waals surface area contributed by atoms with Gasteiger partial charge in [-0.3, -0.25) is 0 Å². The van der Waals surface area contributed by atoms with Crippen molar-refractivity contribution in [3.63, 3.8) is 0 Å². The molecule has 0 bridgehead atoms. The van der Waals surface area contributed by atoms with Gasteiger partial charge in [0.2, 0.25) is 0 Å². The first-order valence-corrected chi connectivity index (χ1v) is 7.06. The molecule has 0 saturated carbocycles. The normalized spacial score (nSPS) is 10.0. The Labute approximate surface area is 137 Å². The average Bonchev–Trinajstić information content (AvgIpc) is 2.54. The molecule has 0 saturated heterocycles. The molecule has 0 atom stereocenters. The maximum absolute atomic E-state index is 12.1. The molecule has 0 radical (unpaired) electrons. The van der Waals surface area contributed by atoms with E-state index in [2.05, 4.69) is 15.4 Å². The standard InChI is InChI=1S/C16H13F2N3OS/c17-15(18)22-14-6-4-11(5-7-14)10-20-16(23)21-13-3-1-2-12(8-13)9-19/h1-8,15H,10H2,(H2,20,21,23). The number of hydrogen-bond acceptors (Lipinski definition) is 3. The van der Waals surface area contributed by atoms with Crippen LogP contribution >= 0.6 is 12.2 Å². The average molecular weight is 333 g/mol. The monoisotopic (exact) mass is 333 g/mol. The first kappa shape index (κ1) is 16.6. The van der Waals surface area contributed by atoms with Gasteiger partial charge in [0.1, 0.15) is 5.75 Å². The van der Waals surface area contributed by atoms with E-state index in [0.29, 0.717) is 22.9 Å². The fourth-order valence-electron chi connectivity index (χ4n) is 1.81. The lowest BCUT2D eigenvalue weighted by Gasteiger charge is -2.11. The number of halogens is 2. The molecule has 0 amide bonds. The highest BCUT2D eigenvalue weighted by Crippen LogP contribution is 2.15. The van der Waals surface area contributed by atoms with Crippen molar-refractivity contribution >= 4 is 23.0 Å². The van der Waals surface area contributed by atoms with E-state index in [0.717, 1.165) is 5.56 Å². The van der Waals surface area contributed by atoms with Crippen LogP contribution < -0.4 is 15.4 Å². The van der Waals surface area contributed by atoms with Gasteiger partial charge in [0.25, 0.3) is 0 Å². The largest absolute Gasteiger partial charge is 0.435 e. The predicted molar refractivity (Wildman–Crippen MR) is 87.3 cm³/mol. The SMILES string of the molecule is N#Cc1cccc(NC(=S)NCc2ccc(OC(F)F)cc2)c1. The molecule has 2 aromatic rings. The molecule has 0 aliphatic heterocycles. The van der Waals surface area contributed by atoms with Crippen LogP contribution in [0.25, 0.3) is 0 Å². The van der Waals surface area contributed by atoms with E-state index in [9.17, 15) is 8.78 Å². The van der Waals surface area contributed by atoms with Crippen molar-refractivity contribution in [2.24, 2.45) is 0 Å². The Hall–Kier alpha value is -2.72. The minimum Gasteiger partial charge on any atom is -0.435 e. The Morgan fingerprint density at radius 2 is 1.96 bits per heavy atom. The van der Waals surface area contributed by atoms with Gasteiger partial charge in [-0.05, 0) is 48.1 Å². The summed E-state index contributed by atoms with van der Waals surface area (Å²) in [7, 11) is 0. The molecule has 0 unspecified atom stereocenters. The highest BCUT2D eigenvalue weighted by Gasteiger charge is 2.04. The zero-order valence-corrected chi connectivity index (χ0v) is 12.7. The van der Waals surface area contributed by atoms with Crippen LogP contribution in [0.5, 0.6) is 5.75 Å². The van der Waals surface area contributed by atoms with E-state index >= 15 is 0 Å². The van der Waals surface area contributed by atoms with Crippen molar-refractivity contribution in [1.29, 1.82) is 5.26 Å². The fraction of sp³-hybridized carbons (Fsp3) is 0.125. The lowest BCUT2D eigenvalue weighted by Crippen LogP contribution is -2.27. The van der Waals surface area contributed by atoms with Crippen molar-refractivity contribution < 1.29 is 13.5 Å². The van der Waals surface area contributed by atoms with Crippen LogP contribution in [0.2, 0.25) is 0 Å². The summed E-state index contributed by atoms with van der Waals surface area (Å²) in [5.41, 5.74) is 2.11. The molecule has 2 rings (SSSR count). The lowest BCUT2D eigenvalue weighted by molar-refractivity contribution is -0.0498. The molecule has 0 aliphatic carbocycles. The Balaban J connectivity index is 1.85. The van der Waals surface area contributed by atoms with Crippen molar-refractivity contribution in [2.75, 3.05) is 5.32 Å². The molecule has 0 aromatic heterocycles. The fourth-order valence-corrected chi connectivity index (χ4v) is 2.00. The van der Waals surface area contributed by atoms with Crippen LogP contribution in [-0.4, -0.2) is 11.7 Å². The van der Waals surface area contributed by atoms with E-state index in [1.165, 1.54) is 12.1 Å². The summed E-state index contributed by atoms with van der Waals surface area (Å²) in [5.74, 6) is 0.109. The number of anilines is 1. The van der Waals surface area contributed by atoms with Gasteiger partial charge in [0.15, 0.2) is 5.11 Å². The zero-order valence-electron chi connectivity index (χ0n) is 11.9. The molecule has 2 N–H and O–H groups in total. The van der Waals surface area contributed by atoms with Crippen molar-refractivity contribution in [3.8, 4) is 11.8 Å². The summed E-state index contributed by atoms with van der Waals surface area (Å²) in [6, 6.07) is 15.3. The van der Waals surface area contributed by atoms with E-state index in [4.69, 9.17) is 17.5 Å². The third-order valence-electron chi connectivity index (χ3n) is 2.85. The molecule has 0 heterocycles. The molecule has 118 valence electrons. The molecular formula is C16H13F2N3OS. The summed E-state index contributed by atoms with van der Waals surface area (Å²) in [6.07, 6.45) is 0. The molecule has 2 aromatic carbocycles. The third-order valence-corrected chi connectivity index (χ3v) is 3.10. The number of thiocarbonyl (C=S) groups is 1. The topological polar surface area (TPSA) is 57.1 Å². The van der Waals surface area contributed by atoms with Gasteiger partial charge in [0.05, 0.1) is 11.6 Å². The van der Waals surface area contributed by atoms with Crippen LogP contribution in [0.4, 0.5) is 14.5 Å². The number of nitriles is 1. The van der Waals surface area contributed by atoms with Crippen LogP contribution in [0.15, 0.2) is 48.5 Å². The van der Waals surface area contributed by atoms with Gasteiger partial charge < -0.3 is 15.4 Å². The number of ether oxygens (including phenoxy) is 1. The van der Waals surface area contributed by atoms with E-state index in [1.54, 1.807) is 36.4 Å². The minimum absolute atomic E-state index is 0.109. The number of benzene rings is 2. The third kappa shape index (κ3) is 5.52. The Morgan fingerprint density at radius 1 is 1.22 bits per heavy atom. The zero-order chi connectivity index (χ0) is 16.7. The highest BCUT2D eigenvalue weighted by atomic mass is 32.1. The summed E-state index contributed by atoms with van der Waals surface area (Å²) in [5, 5.41) is 15.2. The molecular weight excluding hydrogens is 320 g/mol. The van der Waals surface area contributed by atoms with E-state index in [1.807, 2.05) is 6.07 Å². The van der Waals surface area contributed by atoms with Crippen LogP contribution in [-0.2, 0) is 6.54 Å². The number of nitrogens with one attached hydrogen (secondary N) is 2.